The van der Waals surface area contributed by atoms with Gasteiger partial charge in [-0.15, -0.1) is 0 Å². The summed E-state index contributed by atoms with van der Waals surface area (Å²) in [5, 5.41) is 4.13. The minimum Gasteiger partial charge on any atom is -0.324 e. The third-order valence-corrected chi connectivity index (χ3v) is 4.73. The topological polar surface area (TPSA) is 42.0 Å². The minimum atomic E-state index is 0.0522. The molecular formula is C20H18N2O. The zero-order chi connectivity index (χ0) is 15.6. The molecule has 1 amide bonds. The van der Waals surface area contributed by atoms with Gasteiger partial charge in [0.15, 0.2) is 0 Å². The molecule has 0 radical (unpaired) electrons. The van der Waals surface area contributed by atoms with Gasteiger partial charge in [0.2, 0.25) is 5.91 Å². The first kappa shape index (κ1) is 13.9. The average molecular weight is 302 g/mol. The quantitative estimate of drug-likeness (QED) is 0.780. The second-order valence-electron chi connectivity index (χ2n) is 6.07. The van der Waals surface area contributed by atoms with Crippen molar-refractivity contribution in [3.63, 3.8) is 0 Å². The molecule has 1 aliphatic rings. The summed E-state index contributed by atoms with van der Waals surface area (Å²) in [6.07, 6.45) is 3.79. The van der Waals surface area contributed by atoms with E-state index in [4.69, 9.17) is 0 Å². The Morgan fingerprint density at radius 1 is 0.957 bits per heavy atom. The molecule has 2 atom stereocenters. The number of carbonyl (C=O) groups excluding carboxylic acids is 1. The predicted octanol–water partition coefficient (Wildman–Crippen LogP) is 4.37. The van der Waals surface area contributed by atoms with Crippen molar-refractivity contribution >= 4 is 22.5 Å². The van der Waals surface area contributed by atoms with E-state index in [-0.39, 0.29) is 11.8 Å². The molecule has 3 heteroatoms. The normalized spacial score (nSPS) is 20.0. The van der Waals surface area contributed by atoms with Crippen molar-refractivity contribution in [3.05, 3.63) is 72.4 Å². The number of pyridine rings is 1. The largest absolute Gasteiger partial charge is 0.324 e. The molecule has 3 aromatic rings. The van der Waals surface area contributed by atoms with E-state index in [0.717, 1.165) is 29.4 Å². The molecule has 0 saturated heterocycles. The van der Waals surface area contributed by atoms with Crippen LogP contribution in [0.5, 0.6) is 0 Å². The van der Waals surface area contributed by atoms with Crippen LogP contribution in [0.2, 0.25) is 0 Å². The van der Waals surface area contributed by atoms with Gasteiger partial charge in [-0.3, -0.25) is 9.78 Å². The van der Waals surface area contributed by atoms with E-state index in [1.807, 2.05) is 48.5 Å². The summed E-state index contributed by atoms with van der Waals surface area (Å²) in [7, 11) is 0. The number of para-hydroxylation sites is 1. The molecule has 2 unspecified atom stereocenters. The first-order chi connectivity index (χ1) is 11.3. The third kappa shape index (κ3) is 2.59. The standard InChI is InChI=1S/C20H18N2O/c23-20(17-12-11-16(17)14-6-2-1-3-7-14)22-18-10-4-8-15-9-5-13-21-19(15)18/h1-10,13,16-17H,11-12H2,(H,22,23). The lowest BCUT2D eigenvalue weighted by Crippen LogP contribution is -2.35. The highest BCUT2D eigenvalue weighted by Crippen LogP contribution is 2.43. The Balaban J connectivity index is 1.56. The van der Waals surface area contributed by atoms with E-state index in [1.165, 1.54) is 5.56 Å². The maximum atomic E-state index is 12.7. The fourth-order valence-corrected chi connectivity index (χ4v) is 3.34. The molecule has 3 nitrogen and oxygen atoms in total. The van der Waals surface area contributed by atoms with Gasteiger partial charge in [-0.05, 0) is 36.5 Å². The zero-order valence-electron chi connectivity index (χ0n) is 12.8. The molecule has 1 heterocycles. The van der Waals surface area contributed by atoms with Crippen LogP contribution in [0.1, 0.15) is 24.3 Å². The number of hydrogen-bond acceptors (Lipinski definition) is 2. The lowest BCUT2D eigenvalue weighted by Gasteiger charge is -2.35. The van der Waals surface area contributed by atoms with E-state index in [9.17, 15) is 4.79 Å². The minimum absolute atomic E-state index is 0.0522. The second-order valence-corrected chi connectivity index (χ2v) is 6.07. The van der Waals surface area contributed by atoms with Gasteiger partial charge in [0.1, 0.15) is 0 Å². The number of fused-ring (bicyclic) bond motifs is 1. The maximum absolute atomic E-state index is 12.7. The summed E-state index contributed by atoms with van der Waals surface area (Å²) in [5.41, 5.74) is 2.90. The fourth-order valence-electron chi connectivity index (χ4n) is 3.34. The molecule has 1 aromatic heterocycles. The van der Waals surface area contributed by atoms with Gasteiger partial charge >= 0.3 is 0 Å². The summed E-state index contributed by atoms with van der Waals surface area (Å²) in [4.78, 5) is 17.1. The van der Waals surface area contributed by atoms with Gasteiger partial charge < -0.3 is 5.32 Å². The van der Waals surface area contributed by atoms with Crippen molar-refractivity contribution in [1.82, 2.24) is 4.98 Å². The Hall–Kier alpha value is -2.68. The van der Waals surface area contributed by atoms with Gasteiger partial charge in [0, 0.05) is 17.5 Å². The zero-order valence-corrected chi connectivity index (χ0v) is 12.8. The molecular weight excluding hydrogens is 284 g/mol. The number of hydrogen-bond donors (Lipinski definition) is 1. The van der Waals surface area contributed by atoms with Crippen LogP contribution in [-0.4, -0.2) is 10.9 Å². The van der Waals surface area contributed by atoms with Crippen LogP contribution in [0.3, 0.4) is 0 Å². The summed E-state index contributed by atoms with van der Waals surface area (Å²) >= 11 is 0. The summed E-state index contributed by atoms with van der Waals surface area (Å²) in [6, 6.07) is 20.1. The van der Waals surface area contributed by atoms with Crippen molar-refractivity contribution in [2.75, 3.05) is 5.32 Å². The number of carbonyl (C=O) groups is 1. The highest BCUT2D eigenvalue weighted by atomic mass is 16.1. The van der Waals surface area contributed by atoms with Crippen LogP contribution in [0.15, 0.2) is 66.9 Å². The summed E-state index contributed by atoms with van der Waals surface area (Å²) < 4.78 is 0. The smallest absolute Gasteiger partial charge is 0.228 e. The number of amides is 1. The molecule has 114 valence electrons. The molecule has 1 aliphatic carbocycles. The lowest BCUT2D eigenvalue weighted by molar-refractivity contribution is -0.123. The number of anilines is 1. The molecule has 1 N–H and O–H groups in total. The van der Waals surface area contributed by atoms with Crippen LogP contribution in [0.4, 0.5) is 5.69 Å². The van der Waals surface area contributed by atoms with Gasteiger partial charge in [-0.2, -0.15) is 0 Å². The Morgan fingerprint density at radius 3 is 2.57 bits per heavy atom. The SMILES string of the molecule is O=C(Nc1cccc2cccnc12)C1CCC1c1ccccc1. The predicted molar refractivity (Wildman–Crippen MR) is 92.3 cm³/mol. The number of nitrogens with one attached hydrogen (secondary N) is 1. The van der Waals surface area contributed by atoms with E-state index in [0.29, 0.717) is 5.92 Å². The summed E-state index contributed by atoms with van der Waals surface area (Å²) in [5.74, 6) is 0.485. The first-order valence-electron chi connectivity index (χ1n) is 8.02. The van der Waals surface area contributed by atoms with Crippen LogP contribution >= 0.6 is 0 Å². The molecule has 2 aromatic carbocycles. The van der Waals surface area contributed by atoms with Crippen molar-refractivity contribution in [2.45, 2.75) is 18.8 Å². The van der Waals surface area contributed by atoms with Crippen LogP contribution < -0.4 is 5.32 Å². The Labute approximate surface area is 135 Å². The fraction of sp³-hybridized carbons (Fsp3) is 0.200. The van der Waals surface area contributed by atoms with Crippen molar-refractivity contribution in [2.24, 2.45) is 5.92 Å². The van der Waals surface area contributed by atoms with Crippen molar-refractivity contribution in [3.8, 4) is 0 Å². The second kappa shape index (κ2) is 5.84. The molecule has 1 fully saturated rings. The van der Waals surface area contributed by atoms with Gasteiger partial charge in [-0.25, -0.2) is 0 Å². The van der Waals surface area contributed by atoms with E-state index < -0.39 is 0 Å². The molecule has 23 heavy (non-hydrogen) atoms. The lowest BCUT2D eigenvalue weighted by atomic mass is 9.69. The number of benzene rings is 2. The molecule has 0 bridgehead atoms. The van der Waals surface area contributed by atoms with Gasteiger partial charge in [0.25, 0.3) is 0 Å². The van der Waals surface area contributed by atoms with Crippen molar-refractivity contribution < 1.29 is 4.79 Å². The molecule has 4 rings (SSSR count). The monoisotopic (exact) mass is 302 g/mol. The maximum Gasteiger partial charge on any atom is 0.228 e. The van der Waals surface area contributed by atoms with Gasteiger partial charge in [-0.1, -0.05) is 48.5 Å². The number of aromatic nitrogens is 1. The van der Waals surface area contributed by atoms with Crippen LogP contribution in [0, 0.1) is 5.92 Å². The average Bonchev–Trinajstić information content (AvgIpc) is 2.55. The number of rotatable bonds is 3. The highest BCUT2D eigenvalue weighted by molar-refractivity contribution is 6.01. The van der Waals surface area contributed by atoms with E-state index in [2.05, 4.69) is 22.4 Å². The molecule has 0 aliphatic heterocycles. The van der Waals surface area contributed by atoms with E-state index in [1.54, 1.807) is 6.20 Å². The highest BCUT2D eigenvalue weighted by Gasteiger charge is 2.37. The Morgan fingerprint density at radius 2 is 1.78 bits per heavy atom. The van der Waals surface area contributed by atoms with Crippen molar-refractivity contribution in [1.29, 1.82) is 0 Å². The van der Waals surface area contributed by atoms with Crippen LogP contribution in [-0.2, 0) is 4.79 Å². The molecule has 0 spiro atoms. The Kier molecular flexibility index (Phi) is 3.54. The first-order valence-corrected chi connectivity index (χ1v) is 8.02. The van der Waals surface area contributed by atoms with E-state index >= 15 is 0 Å². The number of nitrogens with zero attached hydrogens (tertiary/aromatic N) is 1. The third-order valence-electron chi connectivity index (χ3n) is 4.73. The van der Waals surface area contributed by atoms with Crippen LogP contribution in [0.25, 0.3) is 10.9 Å². The summed E-state index contributed by atoms with van der Waals surface area (Å²) in [6.45, 7) is 0. The molecule has 1 saturated carbocycles. The van der Waals surface area contributed by atoms with Gasteiger partial charge in [0.05, 0.1) is 11.2 Å². The Bertz CT molecular complexity index is 839.